The first-order chi connectivity index (χ1) is 17.5. The first-order valence-electron chi connectivity index (χ1n) is 10.9. The van der Waals surface area contributed by atoms with Crippen LogP contribution in [0.3, 0.4) is 0 Å². The van der Waals surface area contributed by atoms with E-state index in [-0.39, 0.29) is 28.8 Å². The van der Waals surface area contributed by atoms with Crippen LogP contribution in [0.1, 0.15) is 18.1 Å². The Kier molecular flexibility index (Phi) is 7.48. The largest absolute Gasteiger partial charge is 0.490 e. The van der Waals surface area contributed by atoms with Crippen molar-refractivity contribution in [3.63, 3.8) is 0 Å². The van der Waals surface area contributed by atoms with Crippen molar-refractivity contribution in [2.75, 3.05) is 36.8 Å². The second-order valence-electron chi connectivity index (χ2n) is 8.42. The summed E-state index contributed by atoms with van der Waals surface area (Å²) in [5, 5.41) is 0. The summed E-state index contributed by atoms with van der Waals surface area (Å²) >= 11 is 0. The lowest BCUT2D eigenvalue weighted by molar-refractivity contribution is -0.280. The highest BCUT2D eigenvalue weighted by Gasteiger charge is 2.66. The van der Waals surface area contributed by atoms with Crippen molar-refractivity contribution in [3.05, 3.63) is 35.5 Å². The molecule has 0 saturated carbocycles. The van der Waals surface area contributed by atoms with Gasteiger partial charge >= 0.3 is 23.9 Å². The number of carbonyl (C=O) groups is 3. The molecule has 1 unspecified atom stereocenters. The number of hydrogen-bond donors (Lipinski definition) is 2. The fourth-order valence-electron chi connectivity index (χ4n) is 3.91. The van der Waals surface area contributed by atoms with Crippen LogP contribution in [-0.4, -0.2) is 71.2 Å². The second-order valence-corrected chi connectivity index (χ2v) is 8.42. The SMILES string of the molecule is CC(=O)N1CCN(c2nc(-c3cc(C(OC(=O)C(F)(F)F)(C(N)=O)C(F)(F)F)ccc3C)cnc2N)CC1. The van der Waals surface area contributed by atoms with Gasteiger partial charge < -0.3 is 26.0 Å². The predicted molar refractivity (Wildman–Crippen MR) is 120 cm³/mol. The molecule has 0 bridgehead atoms. The van der Waals surface area contributed by atoms with Crippen LogP contribution in [0.5, 0.6) is 0 Å². The molecule has 0 spiro atoms. The van der Waals surface area contributed by atoms with Crippen LogP contribution in [0.15, 0.2) is 24.4 Å². The number of hydrogen-bond acceptors (Lipinski definition) is 8. The van der Waals surface area contributed by atoms with Gasteiger partial charge in [0.2, 0.25) is 5.91 Å². The maximum Gasteiger partial charge on any atom is 0.490 e. The topological polar surface area (TPSA) is 145 Å². The van der Waals surface area contributed by atoms with E-state index in [9.17, 15) is 40.7 Å². The van der Waals surface area contributed by atoms with Crippen molar-refractivity contribution in [2.24, 2.45) is 5.73 Å². The molecular formula is C22H22F6N6O4. The fourth-order valence-corrected chi connectivity index (χ4v) is 3.91. The van der Waals surface area contributed by atoms with E-state index in [2.05, 4.69) is 14.7 Å². The molecule has 0 radical (unpaired) electrons. The van der Waals surface area contributed by atoms with E-state index >= 15 is 0 Å². The highest BCUT2D eigenvalue weighted by atomic mass is 19.4. The molecule has 1 saturated heterocycles. The average molecular weight is 548 g/mol. The number of anilines is 2. The van der Waals surface area contributed by atoms with Gasteiger partial charge in [-0.3, -0.25) is 9.59 Å². The molecule has 1 aliphatic rings. The third-order valence-electron chi connectivity index (χ3n) is 5.95. The molecule has 2 heterocycles. The summed E-state index contributed by atoms with van der Waals surface area (Å²) in [5.74, 6) is -5.62. The number of primary amides is 1. The number of esters is 1. The Morgan fingerprint density at radius 3 is 2.13 bits per heavy atom. The summed E-state index contributed by atoms with van der Waals surface area (Å²) in [5.41, 5.74) is 5.41. The summed E-state index contributed by atoms with van der Waals surface area (Å²) in [4.78, 5) is 46.7. The second kappa shape index (κ2) is 9.98. The molecule has 38 heavy (non-hydrogen) atoms. The smallest absolute Gasteiger partial charge is 0.427 e. The van der Waals surface area contributed by atoms with Crippen LogP contribution in [0.2, 0.25) is 0 Å². The van der Waals surface area contributed by atoms with E-state index in [1.54, 1.807) is 9.80 Å². The zero-order valence-corrected chi connectivity index (χ0v) is 20.0. The number of ether oxygens (including phenoxy) is 1. The van der Waals surface area contributed by atoms with Crippen LogP contribution in [0, 0.1) is 6.92 Å². The van der Waals surface area contributed by atoms with Crippen LogP contribution < -0.4 is 16.4 Å². The number of nitrogens with two attached hydrogens (primary N) is 2. The third-order valence-corrected chi connectivity index (χ3v) is 5.95. The average Bonchev–Trinajstić information content (AvgIpc) is 2.81. The van der Waals surface area contributed by atoms with Gasteiger partial charge in [-0.15, -0.1) is 0 Å². The molecule has 2 amide bonds. The van der Waals surface area contributed by atoms with Crippen LogP contribution in [0.25, 0.3) is 11.3 Å². The molecule has 1 aromatic carbocycles. The van der Waals surface area contributed by atoms with E-state index in [1.807, 2.05) is 0 Å². The molecule has 206 valence electrons. The lowest BCUT2D eigenvalue weighted by Crippen LogP contribution is -2.57. The number of carbonyl (C=O) groups excluding carboxylic acids is 3. The number of aryl methyl sites for hydroxylation is 1. The number of rotatable bonds is 5. The van der Waals surface area contributed by atoms with Gasteiger partial charge in [0.25, 0.3) is 5.91 Å². The number of alkyl halides is 6. The van der Waals surface area contributed by atoms with Gasteiger partial charge in [-0.25, -0.2) is 14.8 Å². The Hall–Kier alpha value is -4.11. The Bertz CT molecular complexity index is 1260. The fraction of sp³-hybridized carbons (Fsp3) is 0.409. The maximum absolute atomic E-state index is 14.1. The molecule has 0 aliphatic carbocycles. The Morgan fingerprint density at radius 1 is 1.03 bits per heavy atom. The monoisotopic (exact) mass is 548 g/mol. The molecule has 1 aliphatic heterocycles. The highest BCUT2D eigenvalue weighted by Crippen LogP contribution is 2.45. The Labute approximate surface area is 211 Å². The molecule has 1 atom stereocenters. The molecule has 1 aromatic heterocycles. The zero-order valence-electron chi connectivity index (χ0n) is 20.0. The van der Waals surface area contributed by atoms with Crippen molar-refractivity contribution in [1.82, 2.24) is 14.9 Å². The minimum Gasteiger partial charge on any atom is -0.427 e. The van der Waals surface area contributed by atoms with Gasteiger partial charge in [0.15, 0.2) is 11.6 Å². The molecular weight excluding hydrogens is 526 g/mol. The van der Waals surface area contributed by atoms with Gasteiger partial charge in [-0.1, -0.05) is 12.1 Å². The van der Waals surface area contributed by atoms with Gasteiger partial charge in [0.05, 0.1) is 11.9 Å². The molecule has 16 heteroatoms. The van der Waals surface area contributed by atoms with E-state index in [4.69, 9.17) is 11.5 Å². The molecule has 3 rings (SSSR count). The number of nitrogen functional groups attached to an aromatic ring is 1. The first kappa shape index (κ1) is 28.5. The van der Waals surface area contributed by atoms with Crippen molar-refractivity contribution in [1.29, 1.82) is 0 Å². The van der Waals surface area contributed by atoms with Crippen LogP contribution in [-0.2, 0) is 24.7 Å². The molecule has 1 fully saturated rings. The summed E-state index contributed by atoms with van der Waals surface area (Å²) in [7, 11) is 0. The van der Waals surface area contributed by atoms with E-state index in [1.165, 1.54) is 13.8 Å². The predicted octanol–water partition coefficient (Wildman–Crippen LogP) is 2.05. The van der Waals surface area contributed by atoms with Crippen LogP contribution >= 0.6 is 0 Å². The third kappa shape index (κ3) is 5.28. The zero-order chi connectivity index (χ0) is 28.6. The quantitative estimate of drug-likeness (QED) is 0.427. The van der Waals surface area contributed by atoms with E-state index < -0.39 is 35.4 Å². The number of piperazine rings is 1. The molecule has 4 N–H and O–H groups in total. The summed E-state index contributed by atoms with van der Waals surface area (Å²) in [6, 6.07) is 2.45. The minimum absolute atomic E-state index is 0.0142. The summed E-state index contributed by atoms with van der Waals surface area (Å²) in [6.45, 7) is 4.24. The van der Waals surface area contributed by atoms with E-state index in [0.717, 1.165) is 12.3 Å². The molecule has 10 nitrogen and oxygen atoms in total. The summed E-state index contributed by atoms with van der Waals surface area (Å²) < 4.78 is 84.6. The standard InChI is InChI=1S/C22H22F6N6O4/c1-11-3-4-13(20(18(30)36,22(26,27)28)38-19(37)21(23,24)25)9-14(11)15-10-31-16(29)17(32-15)34-7-5-33(6-8-34)12(2)35/h3-4,9-10H,5-8H2,1-2H3,(H2,29,31)(H2,30,36). The van der Waals surface area contributed by atoms with Crippen molar-refractivity contribution in [3.8, 4) is 11.3 Å². The number of benzene rings is 1. The Morgan fingerprint density at radius 2 is 1.63 bits per heavy atom. The highest BCUT2D eigenvalue weighted by molar-refractivity contribution is 5.90. The Balaban J connectivity index is 2.11. The van der Waals surface area contributed by atoms with Crippen molar-refractivity contribution >= 4 is 29.4 Å². The lowest BCUT2D eigenvalue weighted by atomic mass is 9.88. The number of aromatic nitrogens is 2. The number of nitrogens with zero attached hydrogens (tertiary/aromatic N) is 4. The normalized spacial score (nSPS) is 16.1. The first-order valence-corrected chi connectivity index (χ1v) is 10.9. The lowest BCUT2D eigenvalue weighted by Gasteiger charge is -2.35. The van der Waals surface area contributed by atoms with Gasteiger partial charge in [0.1, 0.15) is 0 Å². The van der Waals surface area contributed by atoms with E-state index in [0.29, 0.717) is 43.9 Å². The minimum atomic E-state index is -5.86. The van der Waals surface area contributed by atoms with Gasteiger partial charge in [-0.2, -0.15) is 26.3 Å². The van der Waals surface area contributed by atoms with Gasteiger partial charge in [-0.05, 0) is 18.6 Å². The van der Waals surface area contributed by atoms with Crippen LogP contribution in [0.4, 0.5) is 38.0 Å². The number of amides is 2. The molecule has 2 aromatic rings. The van der Waals surface area contributed by atoms with Gasteiger partial charge in [0, 0.05) is 44.2 Å². The van der Waals surface area contributed by atoms with Crippen molar-refractivity contribution in [2.45, 2.75) is 31.8 Å². The maximum atomic E-state index is 14.1. The van der Waals surface area contributed by atoms with Crippen molar-refractivity contribution < 1.29 is 45.5 Å². The number of halogens is 6. The summed E-state index contributed by atoms with van der Waals surface area (Å²) in [6.07, 6.45) is -10.6.